The average Bonchev–Trinajstić information content (AvgIpc) is 2.77. The molecule has 1 aromatic heterocycles. The summed E-state index contributed by atoms with van der Waals surface area (Å²) in [7, 11) is 0. The van der Waals surface area contributed by atoms with Gasteiger partial charge in [-0.15, -0.1) is 11.3 Å². The maximum atomic E-state index is 5.66. The molecule has 1 saturated carbocycles. The van der Waals surface area contributed by atoms with E-state index in [0.29, 0.717) is 5.41 Å². The van der Waals surface area contributed by atoms with Gasteiger partial charge in [-0.05, 0) is 49.2 Å². The van der Waals surface area contributed by atoms with Gasteiger partial charge in [0.25, 0.3) is 0 Å². The first-order valence-corrected chi connectivity index (χ1v) is 5.97. The first-order chi connectivity index (χ1) is 6.32. The van der Waals surface area contributed by atoms with Crippen LogP contribution in [0.1, 0.15) is 36.6 Å². The van der Waals surface area contributed by atoms with E-state index >= 15 is 0 Å². The van der Waals surface area contributed by atoms with Crippen LogP contribution >= 0.6 is 11.3 Å². The van der Waals surface area contributed by atoms with E-state index in [1.807, 2.05) is 11.3 Å². The molecule has 0 unspecified atom stereocenters. The van der Waals surface area contributed by atoms with E-state index in [4.69, 9.17) is 5.73 Å². The van der Waals surface area contributed by atoms with E-state index in [1.165, 1.54) is 25.7 Å². The van der Waals surface area contributed by atoms with E-state index in [1.54, 1.807) is 10.4 Å². The van der Waals surface area contributed by atoms with Crippen molar-refractivity contribution in [2.45, 2.75) is 38.0 Å². The van der Waals surface area contributed by atoms with Crippen LogP contribution in [-0.4, -0.2) is 6.54 Å². The second-order valence-electron chi connectivity index (χ2n) is 3.95. The van der Waals surface area contributed by atoms with Crippen molar-refractivity contribution < 1.29 is 0 Å². The summed E-state index contributed by atoms with van der Waals surface area (Å²) in [4.78, 5) is 1.63. The van der Waals surface area contributed by atoms with E-state index < -0.39 is 0 Å². The highest BCUT2D eigenvalue weighted by molar-refractivity contribution is 7.10. The Labute approximate surface area is 84.0 Å². The molecule has 1 aromatic rings. The van der Waals surface area contributed by atoms with Crippen molar-refractivity contribution in [1.29, 1.82) is 0 Å². The van der Waals surface area contributed by atoms with Crippen molar-refractivity contribution in [2.24, 2.45) is 5.73 Å². The minimum atomic E-state index is 0.508. The molecule has 13 heavy (non-hydrogen) atoms. The molecular weight excluding hydrogens is 178 g/mol. The van der Waals surface area contributed by atoms with Crippen molar-refractivity contribution >= 4 is 11.3 Å². The Morgan fingerprint density at radius 2 is 2.31 bits per heavy atom. The summed E-state index contributed by atoms with van der Waals surface area (Å²) >= 11 is 1.93. The topological polar surface area (TPSA) is 26.0 Å². The molecule has 2 heteroatoms. The molecule has 0 radical (unpaired) electrons. The normalized spacial score (nSPS) is 18.9. The molecule has 0 aromatic carbocycles. The lowest BCUT2D eigenvalue weighted by atomic mass is 9.96. The van der Waals surface area contributed by atoms with E-state index in [2.05, 4.69) is 18.4 Å². The van der Waals surface area contributed by atoms with E-state index in [0.717, 1.165) is 6.54 Å². The highest BCUT2D eigenvalue weighted by Crippen LogP contribution is 2.53. The van der Waals surface area contributed by atoms with Gasteiger partial charge < -0.3 is 5.73 Å². The third kappa shape index (κ3) is 1.53. The SMILES string of the molecule is CCc1ccsc1C1(CCN)CC1. The zero-order valence-electron chi connectivity index (χ0n) is 8.18. The smallest absolute Gasteiger partial charge is 0.0139 e. The molecule has 0 atom stereocenters. The first-order valence-electron chi connectivity index (χ1n) is 5.09. The predicted octanol–water partition coefficient (Wildman–Crippen LogP) is 2.69. The van der Waals surface area contributed by atoms with Crippen molar-refractivity contribution in [3.05, 3.63) is 21.9 Å². The number of hydrogen-bond acceptors (Lipinski definition) is 2. The molecule has 0 amide bonds. The lowest BCUT2D eigenvalue weighted by molar-refractivity contribution is 0.635. The zero-order valence-corrected chi connectivity index (χ0v) is 8.99. The van der Waals surface area contributed by atoms with Gasteiger partial charge in [0, 0.05) is 10.3 Å². The van der Waals surface area contributed by atoms with Crippen molar-refractivity contribution in [2.75, 3.05) is 6.54 Å². The number of rotatable bonds is 4. The molecule has 0 aliphatic heterocycles. The molecular formula is C11H17NS. The summed E-state index contributed by atoms with van der Waals surface area (Å²) in [5.41, 5.74) is 7.72. The predicted molar refractivity (Wildman–Crippen MR) is 58.3 cm³/mol. The van der Waals surface area contributed by atoms with Crippen molar-refractivity contribution in [1.82, 2.24) is 0 Å². The highest BCUT2D eigenvalue weighted by atomic mass is 32.1. The zero-order chi connectivity index (χ0) is 9.31. The van der Waals surface area contributed by atoms with Crippen LogP contribution < -0.4 is 5.73 Å². The first kappa shape index (κ1) is 9.22. The Morgan fingerprint density at radius 1 is 1.54 bits per heavy atom. The highest BCUT2D eigenvalue weighted by Gasteiger charge is 2.45. The van der Waals surface area contributed by atoms with Crippen molar-refractivity contribution in [3.63, 3.8) is 0 Å². The van der Waals surface area contributed by atoms with Crippen LogP contribution in [0.4, 0.5) is 0 Å². The van der Waals surface area contributed by atoms with Gasteiger partial charge in [-0.1, -0.05) is 6.92 Å². The standard InChI is InChI=1S/C11H17NS/c1-2-9-3-8-13-10(9)11(4-5-11)6-7-12/h3,8H,2,4-7,12H2,1H3. The van der Waals surface area contributed by atoms with Gasteiger partial charge >= 0.3 is 0 Å². The van der Waals surface area contributed by atoms with Crippen LogP contribution in [0, 0.1) is 0 Å². The summed E-state index contributed by atoms with van der Waals surface area (Å²) in [5.74, 6) is 0. The number of aryl methyl sites for hydroxylation is 1. The van der Waals surface area contributed by atoms with Gasteiger partial charge in [-0.2, -0.15) is 0 Å². The van der Waals surface area contributed by atoms with Gasteiger partial charge in [0.05, 0.1) is 0 Å². The Hall–Kier alpha value is -0.340. The van der Waals surface area contributed by atoms with Crippen LogP contribution in [-0.2, 0) is 11.8 Å². The number of hydrogen-bond donors (Lipinski definition) is 1. The minimum absolute atomic E-state index is 0.508. The summed E-state index contributed by atoms with van der Waals surface area (Å²) < 4.78 is 0. The van der Waals surface area contributed by atoms with Crippen LogP contribution in [0.3, 0.4) is 0 Å². The maximum absolute atomic E-state index is 5.66. The molecule has 1 aliphatic carbocycles. The van der Waals surface area contributed by atoms with Gasteiger partial charge in [-0.3, -0.25) is 0 Å². The quantitative estimate of drug-likeness (QED) is 0.785. The summed E-state index contributed by atoms with van der Waals surface area (Å²) in [5, 5.41) is 2.23. The minimum Gasteiger partial charge on any atom is -0.330 e. The van der Waals surface area contributed by atoms with E-state index in [9.17, 15) is 0 Å². The lowest BCUT2D eigenvalue weighted by Gasteiger charge is -2.13. The number of nitrogens with two attached hydrogens (primary N) is 1. The lowest BCUT2D eigenvalue weighted by Crippen LogP contribution is -2.13. The molecule has 72 valence electrons. The molecule has 1 heterocycles. The maximum Gasteiger partial charge on any atom is 0.0139 e. The Bertz CT molecular complexity index is 286. The second kappa shape index (κ2) is 3.43. The summed E-state index contributed by atoms with van der Waals surface area (Å²) in [6, 6.07) is 2.27. The Kier molecular flexibility index (Phi) is 2.43. The van der Waals surface area contributed by atoms with Crippen molar-refractivity contribution in [3.8, 4) is 0 Å². The molecule has 1 aliphatic rings. The molecule has 2 rings (SSSR count). The fourth-order valence-corrected chi connectivity index (χ4v) is 3.39. The molecule has 1 fully saturated rings. The molecule has 2 N–H and O–H groups in total. The van der Waals surface area contributed by atoms with Gasteiger partial charge in [0.1, 0.15) is 0 Å². The fraction of sp³-hybridized carbons (Fsp3) is 0.636. The largest absolute Gasteiger partial charge is 0.330 e. The van der Waals surface area contributed by atoms with Gasteiger partial charge in [0.15, 0.2) is 0 Å². The van der Waals surface area contributed by atoms with Crippen LogP contribution in [0.5, 0.6) is 0 Å². The van der Waals surface area contributed by atoms with Crippen LogP contribution in [0.15, 0.2) is 11.4 Å². The summed E-state index contributed by atoms with van der Waals surface area (Å²) in [6.45, 7) is 3.07. The fourth-order valence-electron chi connectivity index (χ4n) is 2.10. The molecule has 0 spiro atoms. The second-order valence-corrected chi connectivity index (χ2v) is 4.86. The molecule has 0 bridgehead atoms. The number of thiophene rings is 1. The Balaban J connectivity index is 2.24. The van der Waals surface area contributed by atoms with E-state index in [-0.39, 0.29) is 0 Å². The summed E-state index contributed by atoms with van der Waals surface area (Å²) in [6.07, 6.45) is 5.07. The monoisotopic (exact) mass is 195 g/mol. The third-order valence-electron chi connectivity index (χ3n) is 3.09. The third-order valence-corrected chi connectivity index (χ3v) is 4.29. The van der Waals surface area contributed by atoms with Crippen LogP contribution in [0.25, 0.3) is 0 Å². The van der Waals surface area contributed by atoms with Gasteiger partial charge in [-0.25, -0.2) is 0 Å². The van der Waals surface area contributed by atoms with Crippen LogP contribution in [0.2, 0.25) is 0 Å². The average molecular weight is 195 g/mol. The molecule has 0 saturated heterocycles. The molecule has 1 nitrogen and oxygen atoms in total. The van der Waals surface area contributed by atoms with Gasteiger partial charge in [0.2, 0.25) is 0 Å². The Morgan fingerprint density at radius 3 is 2.85 bits per heavy atom.